The van der Waals surface area contributed by atoms with E-state index in [0.717, 1.165) is 51.7 Å². The molecule has 28 heavy (non-hydrogen) atoms. The first-order valence-electron chi connectivity index (χ1n) is 9.30. The number of aromatic nitrogens is 1. The van der Waals surface area contributed by atoms with Gasteiger partial charge < -0.3 is 19.7 Å². The van der Waals surface area contributed by atoms with Crippen LogP contribution in [0.15, 0.2) is 42.5 Å². The zero-order valence-corrected chi connectivity index (χ0v) is 16.8. The summed E-state index contributed by atoms with van der Waals surface area (Å²) in [4.78, 5) is 19.4. The normalized spacial score (nSPS) is 16.4. The molecule has 2 amide bonds. The van der Waals surface area contributed by atoms with Crippen LogP contribution in [0.4, 0.5) is 4.79 Å². The van der Waals surface area contributed by atoms with Gasteiger partial charge in [0.15, 0.2) is 0 Å². The summed E-state index contributed by atoms with van der Waals surface area (Å²) >= 11 is 1.61. The van der Waals surface area contributed by atoms with Gasteiger partial charge in [0.05, 0.1) is 37.0 Å². The van der Waals surface area contributed by atoms with E-state index in [0.29, 0.717) is 6.54 Å². The van der Waals surface area contributed by atoms with Crippen LogP contribution in [-0.2, 0) is 6.54 Å². The van der Waals surface area contributed by atoms with Crippen LogP contribution in [0, 0.1) is 0 Å². The van der Waals surface area contributed by atoms with E-state index in [4.69, 9.17) is 9.47 Å². The Morgan fingerprint density at radius 1 is 1.25 bits per heavy atom. The molecule has 146 valence electrons. The third kappa shape index (κ3) is 3.62. The fourth-order valence-corrected chi connectivity index (χ4v) is 4.59. The third-order valence-corrected chi connectivity index (χ3v) is 6.07. The number of urea groups is 1. The number of fused-ring (bicyclic) bond motifs is 1. The van der Waals surface area contributed by atoms with Crippen molar-refractivity contribution in [3.8, 4) is 11.5 Å². The molecule has 0 spiro atoms. The number of methoxy groups -OCH3 is 2. The van der Waals surface area contributed by atoms with Gasteiger partial charge in [0.1, 0.15) is 16.5 Å². The number of thiazole rings is 1. The molecule has 7 heteroatoms. The second-order valence-electron chi connectivity index (χ2n) is 6.69. The van der Waals surface area contributed by atoms with Crippen LogP contribution >= 0.6 is 11.3 Å². The van der Waals surface area contributed by atoms with Crippen LogP contribution in [0.1, 0.15) is 29.5 Å². The molecule has 3 aromatic rings. The molecule has 1 fully saturated rings. The molecule has 0 saturated carbocycles. The minimum atomic E-state index is -0.0772. The van der Waals surface area contributed by atoms with Crippen molar-refractivity contribution < 1.29 is 14.3 Å². The summed E-state index contributed by atoms with van der Waals surface area (Å²) < 4.78 is 12.0. The van der Waals surface area contributed by atoms with Gasteiger partial charge in [-0.25, -0.2) is 9.78 Å². The number of nitrogens with one attached hydrogen (secondary N) is 1. The molecule has 0 radical (unpaired) electrons. The van der Waals surface area contributed by atoms with Crippen molar-refractivity contribution in [2.75, 3.05) is 20.8 Å². The van der Waals surface area contributed by atoms with E-state index in [-0.39, 0.29) is 12.1 Å². The Kier molecular flexibility index (Phi) is 5.34. The molecule has 1 unspecified atom stereocenters. The second kappa shape index (κ2) is 8.06. The van der Waals surface area contributed by atoms with E-state index in [9.17, 15) is 4.79 Å². The van der Waals surface area contributed by atoms with E-state index >= 15 is 0 Å². The molecule has 0 aliphatic carbocycles. The molecule has 4 rings (SSSR count). The summed E-state index contributed by atoms with van der Waals surface area (Å²) in [6, 6.07) is 13.6. The minimum absolute atomic E-state index is 0.0274. The quantitative estimate of drug-likeness (QED) is 0.695. The van der Waals surface area contributed by atoms with Crippen LogP contribution < -0.4 is 14.8 Å². The van der Waals surface area contributed by atoms with Gasteiger partial charge >= 0.3 is 6.03 Å². The average Bonchev–Trinajstić information content (AvgIpc) is 3.38. The lowest BCUT2D eigenvalue weighted by Crippen LogP contribution is -2.39. The van der Waals surface area contributed by atoms with Crippen LogP contribution in [0.3, 0.4) is 0 Å². The van der Waals surface area contributed by atoms with E-state index in [2.05, 4.69) is 10.3 Å². The molecule has 1 aromatic heterocycles. The maximum Gasteiger partial charge on any atom is 0.318 e. The number of benzene rings is 2. The number of ether oxygens (including phenoxy) is 2. The van der Waals surface area contributed by atoms with Crippen molar-refractivity contribution in [1.29, 1.82) is 0 Å². The minimum Gasteiger partial charge on any atom is -0.497 e. The topological polar surface area (TPSA) is 63.7 Å². The van der Waals surface area contributed by atoms with Crippen molar-refractivity contribution in [1.82, 2.24) is 15.2 Å². The first-order chi connectivity index (χ1) is 13.7. The van der Waals surface area contributed by atoms with Crippen molar-refractivity contribution in [2.45, 2.75) is 25.4 Å². The summed E-state index contributed by atoms with van der Waals surface area (Å²) in [5, 5.41) is 3.94. The molecule has 2 aromatic carbocycles. The summed E-state index contributed by atoms with van der Waals surface area (Å²) in [6.07, 6.45) is 1.86. The lowest BCUT2D eigenvalue weighted by atomic mass is 10.0. The Morgan fingerprint density at radius 3 is 2.89 bits per heavy atom. The van der Waals surface area contributed by atoms with Gasteiger partial charge in [-0.3, -0.25) is 0 Å². The number of carbonyl (C=O) groups excluding carboxylic acids is 1. The predicted molar refractivity (Wildman–Crippen MR) is 110 cm³/mol. The second-order valence-corrected chi connectivity index (χ2v) is 7.81. The standard InChI is InChI=1S/C21H23N3O3S/c1-26-14-9-10-18(27-2)15(12-14)17-7-5-11-24(17)21(25)22-13-20-23-16-6-3-4-8-19(16)28-20/h3-4,6,8-10,12,17H,5,7,11,13H2,1-2H3,(H,22,25). The Bertz CT molecular complexity index is 955. The van der Waals surface area contributed by atoms with Crippen molar-refractivity contribution in [3.05, 3.63) is 53.0 Å². The fraction of sp³-hybridized carbons (Fsp3) is 0.333. The lowest BCUT2D eigenvalue weighted by Gasteiger charge is -2.26. The average molecular weight is 398 g/mol. The highest BCUT2D eigenvalue weighted by Crippen LogP contribution is 2.38. The molecule has 1 atom stereocenters. The Labute approximate surface area is 168 Å². The number of carbonyl (C=O) groups is 1. The monoisotopic (exact) mass is 397 g/mol. The predicted octanol–water partition coefficient (Wildman–Crippen LogP) is 4.36. The van der Waals surface area contributed by atoms with Crippen LogP contribution in [-0.4, -0.2) is 36.7 Å². The molecular weight excluding hydrogens is 374 g/mol. The van der Waals surface area contributed by atoms with E-state index < -0.39 is 0 Å². The number of nitrogens with zero attached hydrogens (tertiary/aromatic N) is 2. The van der Waals surface area contributed by atoms with Gasteiger partial charge in [0.2, 0.25) is 0 Å². The molecule has 1 aliphatic heterocycles. The summed E-state index contributed by atoms with van der Waals surface area (Å²) in [5.74, 6) is 1.54. The third-order valence-electron chi connectivity index (χ3n) is 5.04. The van der Waals surface area contributed by atoms with Gasteiger partial charge in [0.25, 0.3) is 0 Å². The van der Waals surface area contributed by atoms with Crippen molar-refractivity contribution >= 4 is 27.6 Å². The van der Waals surface area contributed by atoms with Gasteiger partial charge in [-0.2, -0.15) is 0 Å². The molecule has 1 N–H and O–H groups in total. The summed E-state index contributed by atoms with van der Waals surface area (Å²) in [6.45, 7) is 1.15. The van der Waals surface area contributed by atoms with E-state index in [1.165, 1.54) is 0 Å². The zero-order chi connectivity index (χ0) is 19.5. The molecule has 0 bridgehead atoms. The molecule has 1 saturated heterocycles. The van der Waals surface area contributed by atoms with Gasteiger partial charge in [-0.15, -0.1) is 11.3 Å². The number of para-hydroxylation sites is 1. The van der Waals surface area contributed by atoms with Crippen molar-refractivity contribution in [2.24, 2.45) is 0 Å². The van der Waals surface area contributed by atoms with Gasteiger partial charge in [-0.05, 0) is 43.2 Å². The highest BCUT2D eigenvalue weighted by Gasteiger charge is 2.32. The number of hydrogen-bond acceptors (Lipinski definition) is 5. The Balaban J connectivity index is 1.49. The highest BCUT2D eigenvalue weighted by molar-refractivity contribution is 7.18. The van der Waals surface area contributed by atoms with E-state index in [1.54, 1.807) is 25.6 Å². The zero-order valence-electron chi connectivity index (χ0n) is 16.0. The SMILES string of the molecule is COc1ccc(OC)c(C2CCCN2C(=O)NCc2nc3ccccc3s2)c1. The summed E-state index contributed by atoms with van der Waals surface area (Å²) in [5.41, 5.74) is 1.95. The number of likely N-dealkylation sites (tertiary alicyclic amines) is 1. The maximum absolute atomic E-state index is 12.9. The number of amides is 2. The number of hydrogen-bond donors (Lipinski definition) is 1. The van der Waals surface area contributed by atoms with Gasteiger partial charge in [-0.1, -0.05) is 12.1 Å². The lowest BCUT2D eigenvalue weighted by molar-refractivity contribution is 0.191. The first-order valence-corrected chi connectivity index (χ1v) is 10.1. The first kappa shape index (κ1) is 18.6. The largest absolute Gasteiger partial charge is 0.497 e. The summed E-state index contributed by atoms with van der Waals surface area (Å²) in [7, 11) is 3.29. The Hall–Kier alpha value is -2.80. The molecule has 2 heterocycles. The van der Waals surface area contributed by atoms with Gasteiger partial charge in [0, 0.05) is 12.1 Å². The number of rotatable bonds is 5. The molecule has 6 nitrogen and oxygen atoms in total. The molecular formula is C21H23N3O3S. The smallest absolute Gasteiger partial charge is 0.318 e. The van der Waals surface area contributed by atoms with E-state index in [1.807, 2.05) is 47.4 Å². The van der Waals surface area contributed by atoms with Crippen LogP contribution in [0.2, 0.25) is 0 Å². The van der Waals surface area contributed by atoms with Crippen LogP contribution in [0.5, 0.6) is 11.5 Å². The van der Waals surface area contributed by atoms with Crippen molar-refractivity contribution in [3.63, 3.8) is 0 Å². The maximum atomic E-state index is 12.9. The molecule has 1 aliphatic rings. The highest BCUT2D eigenvalue weighted by atomic mass is 32.1. The van der Waals surface area contributed by atoms with Crippen LogP contribution in [0.25, 0.3) is 10.2 Å². The Morgan fingerprint density at radius 2 is 2.11 bits per heavy atom. The fourth-order valence-electron chi connectivity index (χ4n) is 3.68.